The van der Waals surface area contributed by atoms with Crippen molar-refractivity contribution >= 4 is 21.6 Å². The minimum absolute atomic E-state index is 0.341. The smallest absolute Gasteiger partial charge is 0.119 e. The first-order chi connectivity index (χ1) is 8.72. The summed E-state index contributed by atoms with van der Waals surface area (Å²) in [6, 6.07) is 13.7. The molecular weight excluding hydrogens is 242 g/mol. The van der Waals surface area contributed by atoms with Crippen molar-refractivity contribution in [3.63, 3.8) is 0 Å². The van der Waals surface area contributed by atoms with Crippen LogP contribution >= 0.6 is 11.3 Å². The van der Waals surface area contributed by atoms with Gasteiger partial charge in [-0.2, -0.15) is 0 Å². The number of hydrogen-bond donors (Lipinski definition) is 1. The Morgan fingerprint density at radius 2 is 2.00 bits per heavy atom. The summed E-state index contributed by atoms with van der Waals surface area (Å²) in [6.07, 6.45) is 0.686. The third-order valence-corrected chi connectivity index (χ3v) is 3.94. The van der Waals surface area contributed by atoms with E-state index in [-0.39, 0.29) is 0 Å². The lowest BCUT2D eigenvalue weighted by Gasteiger charge is -2.00. The number of para-hydroxylation sites is 1. The van der Waals surface area contributed by atoms with E-state index in [9.17, 15) is 5.11 Å². The van der Waals surface area contributed by atoms with E-state index < -0.39 is 0 Å². The Labute approximate surface area is 110 Å². The first kappa shape index (κ1) is 11.2. The maximum absolute atomic E-state index is 9.77. The Bertz CT molecular complexity index is 703. The number of thiazole rings is 1. The average molecular weight is 255 g/mol. The highest BCUT2D eigenvalue weighted by Gasteiger charge is 2.07. The molecule has 0 radical (unpaired) electrons. The molecule has 18 heavy (non-hydrogen) atoms. The molecule has 1 aromatic heterocycles. The van der Waals surface area contributed by atoms with E-state index in [1.807, 2.05) is 18.2 Å². The maximum Gasteiger partial charge on any atom is 0.119 e. The van der Waals surface area contributed by atoms with Crippen LogP contribution in [0.5, 0.6) is 5.75 Å². The Kier molecular flexibility index (Phi) is 2.76. The van der Waals surface area contributed by atoms with Gasteiger partial charge in [-0.15, -0.1) is 11.3 Å². The highest BCUT2D eigenvalue weighted by Crippen LogP contribution is 2.27. The molecule has 2 aromatic carbocycles. The number of nitrogens with zero attached hydrogens (tertiary/aromatic N) is 1. The Balaban J connectivity index is 1.98. The number of phenols is 1. The molecule has 3 heteroatoms. The number of rotatable bonds is 2. The normalized spacial score (nSPS) is 10.9. The van der Waals surface area contributed by atoms with Gasteiger partial charge in [0, 0.05) is 12.0 Å². The molecule has 0 saturated carbocycles. The summed E-state index contributed by atoms with van der Waals surface area (Å²) >= 11 is 1.69. The third kappa shape index (κ3) is 2.09. The topological polar surface area (TPSA) is 33.1 Å². The molecular formula is C15H13NOS. The molecule has 0 saturated heterocycles. The van der Waals surface area contributed by atoms with Crippen molar-refractivity contribution in [2.24, 2.45) is 0 Å². The monoisotopic (exact) mass is 255 g/mol. The summed E-state index contributed by atoms with van der Waals surface area (Å²) in [6.45, 7) is 2.09. The first-order valence-electron chi connectivity index (χ1n) is 5.85. The van der Waals surface area contributed by atoms with Gasteiger partial charge in [0.15, 0.2) is 0 Å². The van der Waals surface area contributed by atoms with Crippen molar-refractivity contribution in [2.75, 3.05) is 0 Å². The minimum Gasteiger partial charge on any atom is -0.508 e. The van der Waals surface area contributed by atoms with Crippen LogP contribution < -0.4 is 0 Å². The van der Waals surface area contributed by atoms with Crippen LogP contribution in [0.3, 0.4) is 0 Å². The van der Waals surface area contributed by atoms with Gasteiger partial charge in [-0.1, -0.05) is 24.3 Å². The molecule has 0 atom stereocenters. The summed E-state index contributed by atoms with van der Waals surface area (Å²) < 4.78 is 1.21. The standard InChI is InChI=1S/C15H13NOS/c1-10-6-7-12-14(8-10)18-15(16-12)9-11-4-2-3-5-13(11)17/h2-8,17H,9H2,1H3. The van der Waals surface area contributed by atoms with Crippen LogP contribution in [0.25, 0.3) is 10.2 Å². The summed E-state index contributed by atoms with van der Waals surface area (Å²) in [5.74, 6) is 0.341. The van der Waals surface area contributed by atoms with E-state index in [2.05, 4.69) is 30.1 Å². The maximum atomic E-state index is 9.77. The predicted molar refractivity (Wildman–Crippen MR) is 75.3 cm³/mol. The molecule has 3 rings (SSSR count). The second kappa shape index (κ2) is 4.42. The van der Waals surface area contributed by atoms with Crippen molar-refractivity contribution < 1.29 is 5.11 Å². The summed E-state index contributed by atoms with van der Waals surface area (Å²) in [5, 5.41) is 10.8. The van der Waals surface area contributed by atoms with Crippen LogP contribution in [0.15, 0.2) is 42.5 Å². The lowest BCUT2D eigenvalue weighted by molar-refractivity contribution is 0.469. The zero-order valence-electron chi connectivity index (χ0n) is 10.1. The molecule has 0 bridgehead atoms. The molecule has 2 nitrogen and oxygen atoms in total. The third-order valence-electron chi connectivity index (χ3n) is 2.92. The largest absolute Gasteiger partial charge is 0.508 e. The van der Waals surface area contributed by atoms with Gasteiger partial charge in [0.2, 0.25) is 0 Å². The molecule has 0 amide bonds. The fourth-order valence-corrected chi connectivity index (χ4v) is 3.07. The van der Waals surface area contributed by atoms with Crippen molar-refractivity contribution in [2.45, 2.75) is 13.3 Å². The van der Waals surface area contributed by atoms with E-state index in [1.165, 1.54) is 10.3 Å². The van der Waals surface area contributed by atoms with Crippen LogP contribution in [-0.2, 0) is 6.42 Å². The quantitative estimate of drug-likeness (QED) is 0.753. The van der Waals surface area contributed by atoms with Crippen LogP contribution in [0.4, 0.5) is 0 Å². The SMILES string of the molecule is Cc1ccc2nc(Cc3ccccc3O)sc2c1. The van der Waals surface area contributed by atoms with Crippen LogP contribution in [0.1, 0.15) is 16.1 Å². The number of aromatic nitrogens is 1. The van der Waals surface area contributed by atoms with Gasteiger partial charge in [0.25, 0.3) is 0 Å². The molecule has 0 aliphatic heterocycles. The lowest BCUT2D eigenvalue weighted by Crippen LogP contribution is -1.87. The number of phenolic OH excluding ortho intramolecular Hbond substituents is 1. The molecule has 3 aromatic rings. The zero-order chi connectivity index (χ0) is 12.5. The van der Waals surface area contributed by atoms with E-state index >= 15 is 0 Å². The summed E-state index contributed by atoms with van der Waals surface area (Å²) in [5.41, 5.74) is 3.21. The average Bonchev–Trinajstić information content (AvgIpc) is 2.73. The molecule has 0 spiro atoms. The Morgan fingerprint density at radius 1 is 1.17 bits per heavy atom. The fourth-order valence-electron chi connectivity index (χ4n) is 1.98. The second-order valence-electron chi connectivity index (χ2n) is 4.38. The van der Waals surface area contributed by atoms with Gasteiger partial charge in [0.1, 0.15) is 5.75 Å². The van der Waals surface area contributed by atoms with E-state index in [0.717, 1.165) is 16.1 Å². The highest BCUT2D eigenvalue weighted by atomic mass is 32.1. The predicted octanol–water partition coefficient (Wildman–Crippen LogP) is 3.90. The highest BCUT2D eigenvalue weighted by molar-refractivity contribution is 7.18. The van der Waals surface area contributed by atoms with E-state index in [1.54, 1.807) is 17.4 Å². The second-order valence-corrected chi connectivity index (χ2v) is 5.50. The van der Waals surface area contributed by atoms with Crippen LogP contribution in [0, 0.1) is 6.92 Å². The van der Waals surface area contributed by atoms with Gasteiger partial charge in [0.05, 0.1) is 15.2 Å². The number of fused-ring (bicyclic) bond motifs is 1. The number of hydrogen-bond acceptors (Lipinski definition) is 3. The summed E-state index contributed by atoms with van der Waals surface area (Å²) in [4.78, 5) is 4.60. The van der Waals surface area contributed by atoms with Gasteiger partial charge >= 0.3 is 0 Å². The number of benzene rings is 2. The van der Waals surface area contributed by atoms with Gasteiger partial charge in [-0.25, -0.2) is 4.98 Å². The Morgan fingerprint density at radius 3 is 2.83 bits per heavy atom. The first-order valence-corrected chi connectivity index (χ1v) is 6.67. The van der Waals surface area contributed by atoms with Crippen molar-refractivity contribution in [1.82, 2.24) is 4.98 Å². The minimum atomic E-state index is 0.341. The number of aryl methyl sites for hydroxylation is 1. The van der Waals surface area contributed by atoms with E-state index in [0.29, 0.717) is 12.2 Å². The Hall–Kier alpha value is -1.87. The summed E-state index contributed by atoms with van der Waals surface area (Å²) in [7, 11) is 0. The van der Waals surface area contributed by atoms with Crippen molar-refractivity contribution in [3.8, 4) is 5.75 Å². The van der Waals surface area contributed by atoms with E-state index in [4.69, 9.17) is 0 Å². The zero-order valence-corrected chi connectivity index (χ0v) is 10.9. The van der Waals surface area contributed by atoms with Crippen LogP contribution in [0.2, 0.25) is 0 Å². The lowest BCUT2D eigenvalue weighted by atomic mass is 10.1. The molecule has 90 valence electrons. The molecule has 1 heterocycles. The molecule has 0 aliphatic carbocycles. The molecule has 0 aliphatic rings. The van der Waals surface area contributed by atoms with Crippen molar-refractivity contribution in [3.05, 3.63) is 58.6 Å². The van der Waals surface area contributed by atoms with Crippen molar-refractivity contribution in [1.29, 1.82) is 0 Å². The van der Waals surface area contributed by atoms with Gasteiger partial charge in [-0.3, -0.25) is 0 Å². The number of aromatic hydroxyl groups is 1. The van der Waals surface area contributed by atoms with Crippen LogP contribution in [-0.4, -0.2) is 10.1 Å². The fraction of sp³-hybridized carbons (Fsp3) is 0.133. The molecule has 0 unspecified atom stereocenters. The van der Waals surface area contributed by atoms with Gasteiger partial charge < -0.3 is 5.11 Å². The molecule has 0 fully saturated rings. The molecule has 1 N–H and O–H groups in total. The van der Waals surface area contributed by atoms with Gasteiger partial charge in [-0.05, 0) is 30.7 Å².